The van der Waals surface area contributed by atoms with Crippen molar-refractivity contribution in [3.05, 3.63) is 65.2 Å². The number of carbonyl (C=O) groups excluding carboxylic acids is 2. The van der Waals surface area contributed by atoms with E-state index in [0.717, 1.165) is 5.56 Å². The van der Waals surface area contributed by atoms with Crippen LogP contribution in [0.1, 0.15) is 27.9 Å². The molecule has 0 bridgehead atoms. The Morgan fingerprint density at radius 2 is 1.92 bits per heavy atom. The molecule has 2 aromatic rings. The number of rotatable bonds is 7. The number of amides is 1. The summed E-state index contributed by atoms with van der Waals surface area (Å²) in [5.41, 5.74) is 3.78. The Morgan fingerprint density at radius 1 is 1.20 bits per heavy atom. The van der Waals surface area contributed by atoms with Gasteiger partial charge in [-0.05, 0) is 23.3 Å². The monoisotopic (exact) mass is 336 g/mol. The smallest absolute Gasteiger partial charge is 0.254 e. The van der Waals surface area contributed by atoms with Crippen LogP contribution in [-0.4, -0.2) is 18.1 Å². The van der Waals surface area contributed by atoms with E-state index >= 15 is 0 Å². The van der Waals surface area contributed by atoms with Crippen LogP contribution in [0.15, 0.2) is 53.6 Å². The van der Waals surface area contributed by atoms with Gasteiger partial charge in [-0.25, -0.2) is 5.43 Å². The molecule has 0 unspecified atom stereocenters. The Bertz CT molecular complexity index is 823. The van der Waals surface area contributed by atoms with Crippen molar-refractivity contribution < 1.29 is 19.4 Å². The van der Waals surface area contributed by atoms with Crippen LogP contribution in [0.2, 0.25) is 0 Å². The molecule has 0 aliphatic rings. The second kappa shape index (κ2) is 8.84. The van der Waals surface area contributed by atoms with Crippen LogP contribution in [-0.2, 0) is 11.4 Å². The van der Waals surface area contributed by atoms with Crippen LogP contribution in [0.3, 0.4) is 0 Å². The third-order valence-electron chi connectivity index (χ3n) is 3.14. The van der Waals surface area contributed by atoms with Crippen LogP contribution >= 0.6 is 0 Å². The molecule has 0 atom stereocenters. The fourth-order valence-electron chi connectivity index (χ4n) is 1.90. The average Bonchev–Trinajstić information content (AvgIpc) is 2.61. The van der Waals surface area contributed by atoms with Gasteiger partial charge in [0.25, 0.3) is 5.91 Å². The maximum atomic E-state index is 11.2. The molecule has 1 amide bonds. The van der Waals surface area contributed by atoms with Crippen LogP contribution in [0, 0.1) is 11.3 Å². The average molecular weight is 336 g/mol. The van der Waals surface area contributed by atoms with Gasteiger partial charge >= 0.3 is 0 Å². The van der Waals surface area contributed by atoms with Crippen molar-refractivity contribution in [2.75, 3.05) is 0 Å². The largest absolute Gasteiger partial charge is 0.545 e. The lowest BCUT2D eigenvalue weighted by Crippen LogP contribution is -2.22. The number of ether oxygens (including phenoxy) is 1. The van der Waals surface area contributed by atoms with Gasteiger partial charge in [-0.3, -0.25) is 4.79 Å². The first-order valence-electron chi connectivity index (χ1n) is 7.31. The van der Waals surface area contributed by atoms with Crippen molar-refractivity contribution in [1.29, 1.82) is 5.26 Å². The van der Waals surface area contributed by atoms with Gasteiger partial charge in [-0.1, -0.05) is 36.4 Å². The maximum absolute atomic E-state index is 11.2. The molecule has 0 saturated heterocycles. The SMILES string of the molecule is N#CCC(=O)N/N=C\c1ccccc1OCc1ccc(C(=O)[O-])cc1. The maximum Gasteiger partial charge on any atom is 0.254 e. The number of aromatic carboxylic acids is 1. The molecule has 0 fully saturated rings. The number of para-hydroxylation sites is 1. The Labute approximate surface area is 144 Å². The second-order valence-electron chi connectivity index (χ2n) is 4.94. The second-order valence-corrected chi connectivity index (χ2v) is 4.94. The first-order chi connectivity index (χ1) is 12.1. The van der Waals surface area contributed by atoms with Crippen LogP contribution in [0.5, 0.6) is 5.75 Å². The molecule has 0 spiro atoms. The molecule has 0 heterocycles. The zero-order chi connectivity index (χ0) is 18.1. The van der Waals surface area contributed by atoms with Crippen LogP contribution < -0.4 is 15.3 Å². The van der Waals surface area contributed by atoms with Crippen molar-refractivity contribution in [3.63, 3.8) is 0 Å². The van der Waals surface area contributed by atoms with Crippen molar-refractivity contribution in [2.45, 2.75) is 13.0 Å². The highest BCUT2D eigenvalue weighted by atomic mass is 16.5. The highest BCUT2D eigenvalue weighted by molar-refractivity contribution is 5.86. The lowest BCUT2D eigenvalue weighted by Gasteiger charge is -2.10. The van der Waals surface area contributed by atoms with E-state index in [2.05, 4.69) is 10.5 Å². The topological polar surface area (TPSA) is 115 Å². The summed E-state index contributed by atoms with van der Waals surface area (Å²) in [5, 5.41) is 22.9. The number of benzene rings is 2. The molecular weight excluding hydrogens is 322 g/mol. The quantitative estimate of drug-likeness (QED) is 0.598. The Kier molecular flexibility index (Phi) is 6.25. The van der Waals surface area contributed by atoms with E-state index < -0.39 is 11.9 Å². The predicted molar refractivity (Wildman–Crippen MR) is 87.5 cm³/mol. The van der Waals surface area contributed by atoms with E-state index in [1.165, 1.54) is 18.3 Å². The molecule has 2 rings (SSSR count). The summed E-state index contributed by atoms with van der Waals surface area (Å²) in [6.45, 7) is 0.235. The van der Waals surface area contributed by atoms with Gasteiger partial charge in [0.05, 0.1) is 18.3 Å². The minimum Gasteiger partial charge on any atom is -0.545 e. The Hall–Kier alpha value is -3.66. The highest BCUT2D eigenvalue weighted by Gasteiger charge is 2.03. The fourth-order valence-corrected chi connectivity index (χ4v) is 1.90. The minimum atomic E-state index is -1.23. The van der Waals surface area contributed by atoms with Gasteiger partial charge in [0, 0.05) is 5.56 Å². The summed E-state index contributed by atoms with van der Waals surface area (Å²) in [4.78, 5) is 21.9. The predicted octanol–water partition coefficient (Wildman–Crippen LogP) is 0.993. The summed E-state index contributed by atoms with van der Waals surface area (Å²) in [5.74, 6) is -1.18. The molecule has 0 saturated carbocycles. The molecule has 126 valence electrons. The summed E-state index contributed by atoms with van der Waals surface area (Å²) in [7, 11) is 0. The summed E-state index contributed by atoms with van der Waals surface area (Å²) < 4.78 is 5.71. The van der Waals surface area contributed by atoms with Gasteiger partial charge in [0.15, 0.2) is 0 Å². The van der Waals surface area contributed by atoms with Gasteiger partial charge in [0.2, 0.25) is 0 Å². The fraction of sp³-hybridized carbons (Fsp3) is 0.111. The molecule has 0 aliphatic carbocycles. The number of nitrogens with zero attached hydrogens (tertiary/aromatic N) is 2. The molecule has 25 heavy (non-hydrogen) atoms. The van der Waals surface area contributed by atoms with Crippen molar-refractivity contribution in [3.8, 4) is 11.8 Å². The lowest BCUT2D eigenvalue weighted by molar-refractivity contribution is -0.255. The normalized spacial score (nSPS) is 10.2. The minimum absolute atomic E-state index is 0.101. The highest BCUT2D eigenvalue weighted by Crippen LogP contribution is 2.17. The summed E-state index contributed by atoms with van der Waals surface area (Å²) in [6, 6.07) is 15.0. The first-order valence-corrected chi connectivity index (χ1v) is 7.31. The van der Waals surface area contributed by atoms with Crippen molar-refractivity contribution in [2.24, 2.45) is 5.10 Å². The number of nitriles is 1. The third-order valence-corrected chi connectivity index (χ3v) is 3.14. The molecule has 0 aromatic heterocycles. The summed E-state index contributed by atoms with van der Waals surface area (Å²) >= 11 is 0. The van der Waals surface area contributed by atoms with Crippen LogP contribution in [0.25, 0.3) is 0 Å². The zero-order valence-corrected chi connectivity index (χ0v) is 13.1. The Balaban J connectivity index is 2.00. The molecule has 2 aromatic carbocycles. The number of hydrogen-bond acceptors (Lipinski definition) is 6. The van der Waals surface area contributed by atoms with E-state index in [9.17, 15) is 14.7 Å². The van der Waals surface area contributed by atoms with Crippen LogP contribution in [0.4, 0.5) is 0 Å². The molecule has 1 N–H and O–H groups in total. The third kappa shape index (κ3) is 5.48. The molecule has 0 radical (unpaired) electrons. The number of carbonyl (C=O) groups is 2. The van der Waals surface area contributed by atoms with E-state index in [1.807, 2.05) is 0 Å². The summed E-state index contributed by atoms with van der Waals surface area (Å²) in [6.07, 6.45) is 1.15. The van der Waals surface area contributed by atoms with Gasteiger partial charge in [0.1, 0.15) is 18.8 Å². The molecule has 0 aliphatic heterocycles. The van der Waals surface area contributed by atoms with Gasteiger partial charge in [-0.2, -0.15) is 10.4 Å². The zero-order valence-electron chi connectivity index (χ0n) is 13.1. The Morgan fingerprint density at radius 3 is 2.60 bits per heavy atom. The number of hydrazone groups is 1. The van der Waals surface area contributed by atoms with E-state index in [-0.39, 0.29) is 18.6 Å². The lowest BCUT2D eigenvalue weighted by atomic mass is 10.1. The van der Waals surface area contributed by atoms with E-state index in [4.69, 9.17) is 10.00 Å². The van der Waals surface area contributed by atoms with E-state index in [0.29, 0.717) is 11.3 Å². The molecule has 7 nitrogen and oxygen atoms in total. The van der Waals surface area contributed by atoms with E-state index in [1.54, 1.807) is 42.5 Å². The van der Waals surface area contributed by atoms with Gasteiger partial charge < -0.3 is 14.6 Å². The first kappa shape index (κ1) is 17.7. The van der Waals surface area contributed by atoms with Crippen molar-refractivity contribution in [1.82, 2.24) is 5.43 Å². The number of carboxylic acid groups (broad SMARTS) is 1. The standard InChI is InChI=1S/C18H15N3O4/c19-10-9-17(22)21-20-11-15-3-1-2-4-16(15)25-12-13-5-7-14(8-6-13)18(23)24/h1-8,11H,9,12H2,(H,21,22)(H,23,24)/p-1/b20-11-. The number of hydrogen-bond donors (Lipinski definition) is 1. The van der Waals surface area contributed by atoms with Crippen molar-refractivity contribution >= 4 is 18.1 Å². The molecule has 7 heteroatoms. The number of carboxylic acids is 1. The number of nitrogens with one attached hydrogen (secondary N) is 1. The molecular formula is C18H14N3O4-. The van der Waals surface area contributed by atoms with Gasteiger partial charge in [-0.15, -0.1) is 0 Å².